The summed E-state index contributed by atoms with van der Waals surface area (Å²) in [5.41, 5.74) is 5.99. The molecule has 4 heteroatoms. The van der Waals surface area contributed by atoms with E-state index in [0.29, 0.717) is 18.7 Å². The van der Waals surface area contributed by atoms with Crippen LogP contribution in [0, 0.1) is 0 Å². The minimum Gasteiger partial charge on any atom is -0.393 e. The van der Waals surface area contributed by atoms with E-state index in [2.05, 4.69) is 5.32 Å². The van der Waals surface area contributed by atoms with Crippen molar-refractivity contribution in [3.8, 4) is 0 Å². The maximum atomic E-state index is 9.41. The van der Waals surface area contributed by atoms with Crippen LogP contribution in [0.1, 0.15) is 32.1 Å². The van der Waals surface area contributed by atoms with E-state index in [1.807, 2.05) is 0 Å². The Kier molecular flexibility index (Phi) is 3.97. The van der Waals surface area contributed by atoms with E-state index in [1.54, 1.807) is 0 Å². The predicted molar refractivity (Wildman–Crippen MR) is 58.6 cm³/mol. The highest BCUT2D eigenvalue weighted by atomic mass is 16.5. The summed E-state index contributed by atoms with van der Waals surface area (Å²) >= 11 is 0. The van der Waals surface area contributed by atoms with Crippen molar-refractivity contribution < 1.29 is 9.84 Å². The SMILES string of the molecule is NC1COCCC1NC1CCC(O)CC1. The van der Waals surface area contributed by atoms with Gasteiger partial charge in [-0.05, 0) is 32.1 Å². The van der Waals surface area contributed by atoms with E-state index in [4.69, 9.17) is 10.5 Å². The summed E-state index contributed by atoms with van der Waals surface area (Å²) < 4.78 is 5.31. The molecular weight excluding hydrogens is 192 g/mol. The minimum atomic E-state index is -0.0774. The molecule has 1 heterocycles. The Balaban J connectivity index is 1.75. The van der Waals surface area contributed by atoms with Crippen LogP contribution in [0.4, 0.5) is 0 Å². The van der Waals surface area contributed by atoms with Crippen LogP contribution < -0.4 is 11.1 Å². The van der Waals surface area contributed by atoms with Crippen LogP contribution in [0.25, 0.3) is 0 Å². The lowest BCUT2D eigenvalue weighted by atomic mass is 9.91. The molecular formula is C11H22N2O2. The zero-order valence-corrected chi connectivity index (χ0v) is 9.19. The van der Waals surface area contributed by atoms with Crippen molar-refractivity contribution in [2.24, 2.45) is 5.73 Å². The lowest BCUT2D eigenvalue weighted by Gasteiger charge is -2.35. The normalized spacial score (nSPS) is 42.8. The summed E-state index contributed by atoms with van der Waals surface area (Å²) in [6.45, 7) is 1.49. The second kappa shape index (κ2) is 5.25. The molecule has 0 radical (unpaired) electrons. The maximum absolute atomic E-state index is 9.41. The molecule has 2 unspecified atom stereocenters. The van der Waals surface area contributed by atoms with E-state index in [0.717, 1.165) is 38.7 Å². The van der Waals surface area contributed by atoms with Gasteiger partial charge >= 0.3 is 0 Å². The van der Waals surface area contributed by atoms with Crippen molar-refractivity contribution >= 4 is 0 Å². The summed E-state index contributed by atoms with van der Waals surface area (Å²) in [6, 6.07) is 1.08. The fraction of sp³-hybridized carbons (Fsp3) is 1.00. The molecule has 0 aromatic heterocycles. The number of hydrogen-bond donors (Lipinski definition) is 3. The molecule has 2 atom stereocenters. The Morgan fingerprint density at radius 1 is 1.13 bits per heavy atom. The average molecular weight is 214 g/mol. The highest BCUT2D eigenvalue weighted by Gasteiger charge is 2.26. The van der Waals surface area contributed by atoms with Gasteiger partial charge in [0.05, 0.1) is 12.7 Å². The van der Waals surface area contributed by atoms with Gasteiger partial charge in [-0.25, -0.2) is 0 Å². The molecule has 88 valence electrons. The molecule has 2 rings (SSSR count). The quantitative estimate of drug-likeness (QED) is 0.605. The summed E-state index contributed by atoms with van der Waals surface area (Å²) in [5.74, 6) is 0. The van der Waals surface area contributed by atoms with Crippen LogP contribution >= 0.6 is 0 Å². The van der Waals surface area contributed by atoms with Gasteiger partial charge in [-0.15, -0.1) is 0 Å². The van der Waals surface area contributed by atoms with Gasteiger partial charge < -0.3 is 20.9 Å². The van der Waals surface area contributed by atoms with Gasteiger partial charge in [-0.3, -0.25) is 0 Å². The largest absolute Gasteiger partial charge is 0.393 e. The maximum Gasteiger partial charge on any atom is 0.0632 e. The number of ether oxygens (including phenoxy) is 1. The molecule has 0 bridgehead atoms. The van der Waals surface area contributed by atoms with E-state index in [-0.39, 0.29) is 12.1 Å². The first-order chi connectivity index (χ1) is 7.25. The van der Waals surface area contributed by atoms with Gasteiger partial charge in [-0.1, -0.05) is 0 Å². The van der Waals surface area contributed by atoms with Crippen molar-refractivity contribution in [1.82, 2.24) is 5.32 Å². The van der Waals surface area contributed by atoms with Gasteiger partial charge in [0, 0.05) is 24.7 Å². The smallest absolute Gasteiger partial charge is 0.0632 e. The molecule has 4 N–H and O–H groups in total. The summed E-state index contributed by atoms with van der Waals surface area (Å²) in [4.78, 5) is 0. The lowest BCUT2D eigenvalue weighted by molar-refractivity contribution is 0.0522. The van der Waals surface area contributed by atoms with E-state index < -0.39 is 0 Å². The fourth-order valence-corrected chi connectivity index (χ4v) is 2.51. The Bertz CT molecular complexity index is 193. The molecule has 0 amide bonds. The number of nitrogens with two attached hydrogens (primary N) is 1. The van der Waals surface area contributed by atoms with Gasteiger partial charge in [0.15, 0.2) is 0 Å². The van der Waals surface area contributed by atoms with Crippen molar-refractivity contribution in [1.29, 1.82) is 0 Å². The van der Waals surface area contributed by atoms with Crippen LogP contribution in [0.5, 0.6) is 0 Å². The first-order valence-corrected chi connectivity index (χ1v) is 6.03. The zero-order chi connectivity index (χ0) is 10.7. The first-order valence-electron chi connectivity index (χ1n) is 6.03. The van der Waals surface area contributed by atoms with Gasteiger partial charge in [0.25, 0.3) is 0 Å². The molecule has 2 aliphatic rings. The topological polar surface area (TPSA) is 67.5 Å². The molecule has 1 saturated heterocycles. The summed E-state index contributed by atoms with van der Waals surface area (Å²) in [5, 5.41) is 13.0. The molecule has 2 fully saturated rings. The minimum absolute atomic E-state index is 0.0774. The zero-order valence-electron chi connectivity index (χ0n) is 9.19. The number of rotatable bonds is 2. The van der Waals surface area contributed by atoms with Crippen LogP contribution in [0.3, 0.4) is 0 Å². The average Bonchev–Trinajstić information content (AvgIpc) is 2.25. The predicted octanol–water partition coefficient (Wildman–Crippen LogP) is -0.00430. The molecule has 4 nitrogen and oxygen atoms in total. The van der Waals surface area contributed by atoms with Crippen LogP contribution in [0.15, 0.2) is 0 Å². The van der Waals surface area contributed by atoms with E-state index in [1.165, 1.54) is 0 Å². The summed E-state index contributed by atoms with van der Waals surface area (Å²) in [6.07, 6.45) is 4.94. The van der Waals surface area contributed by atoms with Crippen molar-refractivity contribution in [3.05, 3.63) is 0 Å². The lowest BCUT2D eigenvalue weighted by Crippen LogP contribution is -2.54. The van der Waals surface area contributed by atoms with Crippen molar-refractivity contribution in [2.75, 3.05) is 13.2 Å². The highest BCUT2D eigenvalue weighted by Crippen LogP contribution is 2.20. The van der Waals surface area contributed by atoms with Gasteiger partial charge in [0.2, 0.25) is 0 Å². The van der Waals surface area contributed by atoms with Gasteiger partial charge in [-0.2, -0.15) is 0 Å². The number of nitrogens with one attached hydrogen (secondary N) is 1. The van der Waals surface area contributed by atoms with E-state index >= 15 is 0 Å². The molecule has 0 aromatic rings. The standard InChI is InChI=1S/C11H22N2O2/c12-10-7-15-6-5-11(10)13-8-1-3-9(14)4-2-8/h8-11,13-14H,1-7,12H2. The van der Waals surface area contributed by atoms with Gasteiger partial charge in [0.1, 0.15) is 0 Å². The molecule has 15 heavy (non-hydrogen) atoms. The Hall–Kier alpha value is -0.160. The van der Waals surface area contributed by atoms with Crippen LogP contribution in [-0.4, -0.2) is 42.5 Å². The molecule has 1 aliphatic heterocycles. The van der Waals surface area contributed by atoms with Crippen molar-refractivity contribution in [2.45, 2.75) is 56.3 Å². The Labute approximate surface area is 91.2 Å². The van der Waals surface area contributed by atoms with Crippen LogP contribution in [-0.2, 0) is 4.74 Å². The monoisotopic (exact) mass is 214 g/mol. The highest BCUT2D eigenvalue weighted by molar-refractivity contribution is 4.87. The third-order valence-electron chi connectivity index (χ3n) is 3.55. The summed E-state index contributed by atoms with van der Waals surface area (Å²) in [7, 11) is 0. The Morgan fingerprint density at radius 3 is 2.53 bits per heavy atom. The fourth-order valence-electron chi connectivity index (χ4n) is 2.51. The number of aliphatic hydroxyl groups excluding tert-OH is 1. The molecule has 0 aromatic carbocycles. The first kappa shape index (κ1) is 11.3. The third kappa shape index (κ3) is 3.14. The second-order valence-electron chi connectivity index (χ2n) is 4.81. The molecule has 0 spiro atoms. The Morgan fingerprint density at radius 2 is 1.87 bits per heavy atom. The second-order valence-corrected chi connectivity index (χ2v) is 4.81. The molecule has 1 saturated carbocycles. The van der Waals surface area contributed by atoms with Crippen molar-refractivity contribution in [3.63, 3.8) is 0 Å². The third-order valence-corrected chi connectivity index (χ3v) is 3.55. The number of aliphatic hydroxyl groups is 1. The number of hydrogen-bond acceptors (Lipinski definition) is 4. The van der Waals surface area contributed by atoms with E-state index in [9.17, 15) is 5.11 Å². The van der Waals surface area contributed by atoms with Crippen LogP contribution in [0.2, 0.25) is 0 Å². The molecule has 1 aliphatic carbocycles.